The molecule has 2 aromatic rings. The molecular weight excluding hydrogens is 371 g/mol. The van der Waals surface area contributed by atoms with Crippen molar-refractivity contribution in [1.29, 1.82) is 0 Å². The highest BCUT2D eigenvalue weighted by atomic mass is 127. The van der Waals surface area contributed by atoms with Gasteiger partial charge in [-0.05, 0) is 40.8 Å². The summed E-state index contributed by atoms with van der Waals surface area (Å²) < 4.78 is 11.8. The van der Waals surface area contributed by atoms with Crippen LogP contribution in [0.2, 0.25) is 0 Å². The van der Waals surface area contributed by atoms with Gasteiger partial charge in [0.15, 0.2) is 12.4 Å². The van der Waals surface area contributed by atoms with Gasteiger partial charge in [-0.15, -0.1) is 0 Å². The molecule has 0 unspecified atom stereocenters. The minimum atomic E-state index is -0.0682. The molecule has 1 aliphatic heterocycles. The van der Waals surface area contributed by atoms with Crippen LogP contribution in [-0.4, -0.2) is 37.8 Å². The van der Waals surface area contributed by atoms with E-state index in [0.717, 1.165) is 20.2 Å². The number of carbonyl (C=O) groups is 1. The average molecular weight is 384 g/mol. The Morgan fingerprint density at radius 3 is 3.15 bits per heavy atom. The molecule has 0 saturated carbocycles. The zero-order valence-electron chi connectivity index (χ0n) is 10.9. The van der Waals surface area contributed by atoms with Crippen LogP contribution in [0.3, 0.4) is 0 Å². The van der Waals surface area contributed by atoms with E-state index in [9.17, 15) is 4.79 Å². The van der Waals surface area contributed by atoms with Crippen molar-refractivity contribution in [3.8, 4) is 5.75 Å². The summed E-state index contributed by atoms with van der Waals surface area (Å²) in [4.78, 5) is 18.1. The van der Waals surface area contributed by atoms with Gasteiger partial charge in [-0.1, -0.05) is 0 Å². The Morgan fingerprint density at radius 2 is 2.35 bits per heavy atom. The molecule has 0 aliphatic carbocycles. The number of anilines is 1. The van der Waals surface area contributed by atoms with Crippen LogP contribution in [0.15, 0.2) is 24.4 Å². The number of methoxy groups -OCH3 is 1. The number of hydrogen-bond donors (Lipinski definition) is 0. The topological polar surface area (TPSA) is 51.7 Å². The Bertz CT molecular complexity index is 675. The number of halogens is 1. The molecule has 1 amide bonds. The second-order valence-corrected chi connectivity index (χ2v) is 5.71. The Morgan fingerprint density at radius 1 is 1.50 bits per heavy atom. The largest absolute Gasteiger partial charge is 0.481 e. The highest BCUT2D eigenvalue weighted by Gasteiger charge is 2.27. The van der Waals surface area contributed by atoms with Gasteiger partial charge in [-0.25, -0.2) is 0 Å². The first-order chi connectivity index (χ1) is 9.70. The lowest BCUT2D eigenvalue weighted by Gasteiger charge is -2.29. The number of pyridine rings is 1. The third-order valence-corrected chi connectivity index (χ3v) is 3.88. The number of ether oxygens (including phenoxy) is 2. The fourth-order valence-electron chi connectivity index (χ4n) is 2.25. The molecule has 0 spiro atoms. The molecule has 104 valence electrons. The number of fused-ring (bicyclic) bond motifs is 3. The monoisotopic (exact) mass is 384 g/mol. The quantitative estimate of drug-likeness (QED) is 0.762. The van der Waals surface area contributed by atoms with Crippen molar-refractivity contribution in [3.63, 3.8) is 0 Å². The highest BCUT2D eigenvalue weighted by Crippen LogP contribution is 2.37. The maximum absolute atomic E-state index is 12.0. The van der Waals surface area contributed by atoms with E-state index in [2.05, 4.69) is 27.6 Å². The molecule has 1 aromatic heterocycles. The Labute approximate surface area is 130 Å². The summed E-state index contributed by atoms with van der Waals surface area (Å²) in [6.45, 7) is 1.04. The molecule has 6 heteroatoms. The summed E-state index contributed by atoms with van der Waals surface area (Å²) in [5.41, 5.74) is 1.58. The highest BCUT2D eigenvalue weighted by molar-refractivity contribution is 14.1. The van der Waals surface area contributed by atoms with E-state index in [1.165, 1.54) is 0 Å². The van der Waals surface area contributed by atoms with Gasteiger partial charge in [-0.3, -0.25) is 9.78 Å². The second-order valence-electron chi connectivity index (χ2n) is 4.46. The van der Waals surface area contributed by atoms with E-state index in [4.69, 9.17) is 9.47 Å². The lowest BCUT2D eigenvalue weighted by Crippen LogP contribution is -2.40. The molecule has 3 rings (SSSR count). The van der Waals surface area contributed by atoms with Crippen LogP contribution in [0.1, 0.15) is 0 Å². The van der Waals surface area contributed by atoms with Gasteiger partial charge in [0, 0.05) is 22.6 Å². The number of nitrogens with zero attached hydrogens (tertiary/aromatic N) is 2. The molecule has 20 heavy (non-hydrogen) atoms. The van der Waals surface area contributed by atoms with Gasteiger partial charge in [-0.2, -0.15) is 0 Å². The van der Waals surface area contributed by atoms with Crippen LogP contribution in [0.4, 0.5) is 5.69 Å². The van der Waals surface area contributed by atoms with Crippen molar-refractivity contribution in [2.75, 3.05) is 31.8 Å². The minimum absolute atomic E-state index is 0.0568. The van der Waals surface area contributed by atoms with Crippen LogP contribution in [0.25, 0.3) is 10.9 Å². The van der Waals surface area contributed by atoms with Gasteiger partial charge < -0.3 is 14.4 Å². The summed E-state index contributed by atoms with van der Waals surface area (Å²) in [6, 6.07) is 5.97. The Balaban J connectivity index is 2.12. The van der Waals surface area contributed by atoms with Crippen LogP contribution in [-0.2, 0) is 9.53 Å². The smallest absolute Gasteiger partial charge is 0.265 e. The number of rotatable bonds is 3. The van der Waals surface area contributed by atoms with E-state index in [-0.39, 0.29) is 12.5 Å². The molecule has 2 heterocycles. The molecule has 0 fully saturated rings. The molecule has 5 nitrogen and oxygen atoms in total. The summed E-state index contributed by atoms with van der Waals surface area (Å²) in [5.74, 6) is 0.658. The molecule has 0 atom stereocenters. The van der Waals surface area contributed by atoms with Crippen LogP contribution < -0.4 is 9.64 Å². The first-order valence-corrected chi connectivity index (χ1v) is 7.29. The standard InChI is InChI=1S/C14H13IN2O3/c1-19-5-4-17-12-7-16-11-3-2-9(15)6-10(11)14(12)20-8-13(17)18/h2-3,6-7H,4-5,8H2,1H3. The SMILES string of the molecule is COCCN1C(=O)COc2c1cnc1ccc(I)cc21. The minimum Gasteiger partial charge on any atom is -0.481 e. The lowest BCUT2D eigenvalue weighted by atomic mass is 10.1. The van der Waals surface area contributed by atoms with Crippen LogP contribution in [0, 0.1) is 3.57 Å². The molecule has 0 radical (unpaired) electrons. The molecular formula is C14H13IN2O3. The number of hydrogen-bond acceptors (Lipinski definition) is 4. The molecule has 0 bridgehead atoms. The number of benzene rings is 1. The van der Waals surface area contributed by atoms with Gasteiger partial charge >= 0.3 is 0 Å². The molecule has 1 aliphatic rings. The molecule has 0 N–H and O–H groups in total. The normalized spacial score (nSPS) is 14.3. The number of carbonyl (C=O) groups excluding carboxylic acids is 1. The van der Waals surface area contributed by atoms with Crippen molar-refractivity contribution in [2.24, 2.45) is 0 Å². The van der Waals surface area contributed by atoms with Crippen molar-refractivity contribution in [2.45, 2.75) is 0 Å². The Kier molecular flexibility index (Phi) is 3.75. The number of amides is 1. The molecule has 0 saturated heterocycles. The van der Waals surface area contributed by atoms with Crippen molar-refractivity contribution < 1.29 is 14.3 Å². The van der Waals surface area contributed by atoms with Crippen molar-refractivity contribution in [3.05, 3.63) is 28.0 Å². The number of aromatic nitrogens is 1. The van der Waals surface area contributed by atoms with E-state index < -0.39 is 0 Å². The zero-order chi connectivity index (χ0) is 14.1. The summed E-state index contributed by atoms with van der Waals surface area (Å²) in [5, 5.41) is 0.935. The van der Waals surface area contributed by atoms with E-state index in [0.29, 0.717) is 18.8 Å². The van der Waals surface area contributed by atoms with Crippen molar-refractivity contribution >= 4 is 45.1 Å². The van der Waals surface area contributed by atoms with E-state index >= 15 is 0 Å². The first kappa shape index (κ1) is 13.6. The average Bonchev–Trinajstić information content (AvgIpc) is 2.45. The zero-order valence-corrected chi connectivity index (χ0v) is 13.1. The third-order valence-electron chi connectivity index (χ3n) is 3.21. The lowest BCUT2D eigenvalue weighted by molar-refractivity contribution is -0.121. The predicted molar refractivity (Wildman–Crippen MR) is 84.2 cm³/mol. The van der Waals surface area contributed by atoms with E-state index in [1.54, 1.807) is 18.2 Å². The van der Waals surface area contributed by atoms with Gasteiger partial charge in [0.05, 0.1) is 18.3 Å². The van der Waals surface area contributed by atoms with Crippen LogP contribution >= 0.6 is 22.6 Å². The predicted octanol–water partition coefficient (Wildman–Crippen LogP) is 2.21. The second kappa shape index (κ2) is 5.53. The van der Waals surface area contributed by atoms with E-state index in [1.807, 2.05) is 18.2 Å². The summed E-state index contributed by atoms with van der Waals surface area (Å²) in [7, 11) is 1.62. The fourth-order valence-corrected chi connectivity index (χ4v) is 2.74. The summed E-state index contributed by atoms with van der Waals surface area (Å²) >= 11 is 2.25. The summed E-state index contributed by atoms with van der Waals surface area (Å²) in [6.07, 6.45) is 1.69. The third kappa shape index (κ3) is 2.33. The van der Waals surface area contributed by atoms with Crippen molar-refractivity contribution in [1.82, 2.24) is 4.98 Å². The van der Waals surface area contributed by atoms with Crippen LogP contribution in [0.5, 0.6) is 5.75 Å². The van der Waals surface area contributed by atoms with Gasteiger partial charge in [0.2, 0.25) is 0 Å². The van der Waals surface area contributed by atoms with Gasteiger partial charge in [0.25, 0.3) is 5.91 Å². The first-order valence-electron chi connectivity index (χ1n) is 6.21. The molecule has 1 aromatic carbocycles. The van der Waals surface area contributed by atoms with Gasteiger partial charge in [0.1, 0.15) is 5.69 Å². The fraction of sp³-hybridized carbons (Fsp3) is 0.286. The maximum Gasteiger partial charge on any atom is 0.265 e. The Hall–Kier alpha value is -1.41. The maximum atomic E-state index is 12.0.